The predicted octanol–water partition coefficient (Wildman–Crippen LogP) is 1.06. The van der Waals surface area contributed by atoms with Crippen LogP contribution >= 0.6 is 0 Å². The maximum absolute atomic E-state index is 13.9. The van der Waals surface area contributed by atoms with Crippen molar-refractivity contribution in [2.24, 2.45) is 0 Å². The van der Waals surface area contributed by atoms with Crippen LogP contribution in [0.15, 0.2) is 24.3 Å². The molecule has 3 aliphatic heterocycles. The Labute approximate surface area is 206 Å². The van der Waals surface area contributed by atoms with Crippen LogP contribution in [0.1, 0.15) is 43.0 Å². The monoisotopic (exact) mass is 484 g/mol. The number of likely N-dealkylation sites (N-methyl/N-ethyl adjacent to an activating group) is 1. The average Bonchev–Trinajstić information content (AvgIpc) is 3.58. The molecule has 1 aromatic carbocycles. The normalized spacial score (nSPS) is 28.4. The Kier molecular flexibility index (Phi) is 6.83. The third-order valence-electron chi connectivity index (χ3n) is 8.00. The van der Waals surface area contributed by atoms with Crippen LogP contribution in [0, 0.1) is 0 Å². The molecule has 2 amide bonds. The van der Waals surface area contributed by atoms with Crippen molar-refractivity contribution in [1.29, 1.82) is 0 Å². The summed E-state index contributed by atoms with van der Waals surface area (Å²) in [6, 6.07) is 7.00. The molecule has 0 radical (unpaired) electrons. The number of carbonyl (C=O) groups excluding carboxylic acids is 3. The predicted molar refractivity (Wildman–Crippen MR) is 130 cm³/mol. The quantitative estimate of drug-likeness (QED) is 0.646. The number of likely N-dealkylation sites (tertiary alicyclic amines) is 1. The highest BCUT2D eigenvalue weighted by Crippen LogP contribution is 2.37. The first-order valence-corrected chi connectivity index (χ1v) is 12.8. The van der Waals surface area contributed by atoms with Gasteiger partial charge in [-0.2, -0.15) is 0 Å². The van der Waals surface area contributed by atoms with E-state index in [1.165, 1.54) is 0 Å². The summed E-state index contributed by atoms with van der Waals surface area (Å²) in [5, 5.41) is 3.09. The van der Waals surface area contributed by atoms with E-state index in [-0.39, 0.29) is 30.3 Å². The van der Waals surface area contributed by atoms with Crippen LogP contribution in [0.2, 0.25) is 0 Å². The van der Waals surface area contributed by atoms with Gasteiger partial charge in [0.1, 0.15) is 30.4 Å². The fraction of sp³-hybridized carbons (Fsp3) is 0.654. The molecule has 1 aliphatic carbocycles. The van der Waals surface area contributed by atoms with Crippen molar-refractivity contribution in [3.63, 3.8) is 0 Å². The molecule has 5 rings (SSSR count). The van der Waals surface area contributed by atoms with Crippen molar-refractivity contribution >= 4 is 23.3 Å². The summed E-state index contributed by atoms with van der Waals surface area (Å²) in [6.07, 6.45) is 2.10. The summed E-state index contributed by atoms with van der Waals surface area (Å²) in [5.74, 6) is -0.533. The van der Waals surface area contributed by atoms with Crippen molar-refractivity contribution < 1.29 is 23.9 Å². The molecule has 0 spiro atoms. The number of Topliss-reactive ketones (excluding diaryl/α,β-unsaturated/α-hetero) is 1. The molecule has 0 bridgehead atoms. The van der Waals surface area contributed by atoms with Gasteiger partial charge in [-0.1, -0.05) is 12.8 Å². The SMILES string of the molecule is CCO[C@H]1CN(C(=O)C2(NC(=O)c3ccc(N4CCN(C)CC4)cc3)CCCC2)[C@@H]2C(=O)CO[C@H]12. The third kappa shape index (κ3) is 4.57. The molecule has 4 fully saturated rings. The van der Waals surface area contributed by atoms with Crippen LogP contribution in [-0.2, 0) is 19.1 Å². The van der Waals surface area contributed by atoms with Gasteiger partial charge < -0.3 is 29.5 Å². The second-order valence-corrected chi connectivity index (χ2v) is 10.2. The lowest BCUT2D eigenvalue weighted by Crippen LogP contribution is -2.60. The van der Waals surface area contributed by atoms with Gasteiger partial charge in [-0.05, 0) is 51.1 Å². The fourth-order valence-corrected chi connectivity index (χ4v) is 6.01. The smallest absolute Gasteiger partial charge is 0.252 e. The maximum Gasteiger partial charge on any atom is 0.252 e. The first kappa shape index (κ1) is 24.2. The van der Waals surface area contributed by atoms with Gasteiger partial charge in [-0.25, -0.2) is 0 Å². The van der Waals surface area contributed by atoms with Crippen molar-refractivity contribution in [3.8, 4) is 0 Å². The standard InChI is InChI=1S/C26H36N4O5/c1-3-34-21-16-30(22-20(31)17-35-23(21)22)25(33)26(10-4-5-11-26)27-24(32)18-6-8-19(9-7-18)29-14-12-28(2)13-15-29/h6-9,21-23H,3-5,10-17H2,1-2H3,(H,27,32)/t21-,22+,23+/m0/s1. The largest absolute Gasteiger partial charge is 0.374 e. The van der Waals surface area contributed by atoms with E-state index < -0.39 is 17.7 Å². The van der Waals surface area contributed by atoms with E-state index in [4.69, 9.17) is 9.47 Å². The maximum atomic E-state index is 13.9. The summed E-state index contributed by atoms with van der Waals surface area (Å²) in [6.45, 7) is 6.65. The van der Waals surface area contributed by atoms with Gasteiger partial charge in [-0.15, -0.1) is 0 Å². The number of piperazine rings is 1. The summed E-state index contributed by atoms with van der Waals surface area (Å²) < 4.78 is 11.5. The highest BCUT2D eigenvalue weighted by atomic mass is 16.6. The number of benzene rings is 1. The minimum atomic E-state index is -0.998. The number of amides is 2. The van der Waals surface area contributed by atoms with Gasteiger partial charge in [-0.3, -0.25) is 14.4 Å². The molecular weight excluding hydrogens is 448 g/mol. The van der Waals surface area contributed by atoms with Gasteiger partial charge in [0, 0.05) is 44.0 Å². The van der Waals surface area contributed by atoms with E-state index >= 15 is 0 Å². The van der Waals surface area contributed by atoms with E-state index in [1.54, 1.807) is 4.90 Å². The Morgan fingerprint density at radius 1 is 1.11 bits per heavy atom. The molecule has 3 heterocycles. The van der Waals surface area contributed by atoms with E-state index in [9.17, 15) is 14.4 Å². The molecule has 1 N–H and O–H groups in total. The third-order valence-corrected chi connectivity index (χ3v) is 8.00. The van der Waals surface area contributed by atoms with E-state index in [2.05, 4.69) is 22.2 Å². The Bertz CT molecular complexity index is 953. The molecule has 9 heteroatoms. The van der Waals surface area contributed by atoms with Crippen LogP contribution in [0.3, 0.4) is 0 Å². The number of ketones is 1. The molecule has 9 nitrogen and oxygen atoms in total. The van der Waals surface area contributed by atoms with Crippen LogP contribution in [0.25, 0.3) is 0 Å². The molecule has 1 saturated carbocycles. The lowest BCUT2D eigenvalue weighted by Gasteiger charge is -2.35. The molecule has 0 aromatic heterocycles. The Morgan fingerprint density at radius 3 is 2.46 bits per heavy atom. The number of anilines is 1. The first-order chi connectivity index (χ1) is 16.9. The molecular formula is C26H36N4O5. The number of fused-ring (bicyclic) bond motifs is 1. The van der Waals surface area contributed by atoms with Gasteiger partial charge in [0.2, 0.25) is 5.91 Å². The molecule has 1 aromatic rings. The highest BCUT2D eigenvalue weighted by molar-refractivity contribution is 6.01. The van der Waals surface area contributed by atoms with Crippen molar-refractivity contribution in [2.75, 3.05) is 57.9 Å². The average molecular weight is 485 g/mol. The summed E-state index contributed by atoms with van der Waals surface area (Å²) in [5.41, 5.74) is 0.640. The van der Waals surface area contributed by atoms with E-state index in [0.29, 0.717) is 31.6 Å². The highest BCUT2D eigenvalue weighted by Gasteiger charge is 2.56. The molecule has 4 aliphatic rings. The van der Waals surface area contributed by atoms with Crippen LogP contribution in [0.5, 0.6) is 0 Å². The molecule has 35 heavy (non-hydrogen) atoms. The first-order valence-electron chi connectivity index (χ1n) is 12.8. The van der Waals surface area contributed by atoms with Crippen molar-refractivity contribution in [3.05, 3.63) is 29.8 Å². The Hall–Kier alpha value is -2.49. The zero-order valence-electron chi connectivity index (χ0n) is 20.7. The summed E-state index contributed by atoms with van der Waals surface area (Å²) in [4.78, 5) is 46.0. The molecule has 0 unspecified atom stereocenters. The van der Waals surface area contributed by atoms with E-state index in [1.807, 2.05) is 31.2 Å². The summed E-state index contributed by atoms with van der Waals surface area (Å²) >= 11 is 0. The molecule has 3 saturated heterocycles. The van der Waals surface area contributed by atoms with Gasteiger partial charge in [0.15, 0.2) is 5.78 Å². The lowest BCUT2D eigenvalue weighted by atomic mass is 9.93. The number of hydrogen-bond acceptors (Lipinski definition) is 7. The second-order valence-electron chi connectivity index (χ2n) is 10.2. The lowest BCUT2D eigenvalue weighted by molar-refractivity contribution is -0.142. The van der Waals surface area contributed by atoms with Crippen LogP contribution in [-0.4, -0.2) is 104 Å². The van der Waals surface area contributed by atoms with Gasteiger partial charge >= 0.3 is 0 Å². The Balaban J connectivity index is 1.31. The van der Waals surface area contributed by atoms with Crippen LogP contribution in [0.4, 0.5) is 5.69 Å². The molecule has 190 valence electrons. The molecule has 3 atom stereocenters. The van der Waals surface area contributed by atoms with Crippen molar-refractivity contribution in [2.45, 2.75) is 56.4 Å². The van der Waals surface area contributed by atoms with E-state index in [0.717, 1.165) is 44.7 Å². The Morgan fingerprint density at radius 2 is 1.80 bits per heavy atom. The van der Waals surface area contributed by atoms with Gasteiger partial charge in [0.05, 0.1) is 6.54 Å². The topological polar surface area (TPSA) is 91.4 Å². The number of rotatable bonds is 6. The van der Waals surface area contributed by atoms with Crippen LogP contribution < -0.4 is 10.2 Å². The number of carbonyl (C=O) groups is 3. The second kappa shape index (κ2) is 9.87. The van der Waals surface area contributed by atoms with Gasteiger partial charge in [0.25, 0.3) is 5.91 Å². The minimum absolute atomic E-state index is 0.00169. The number of ether oxygens (including phenoxy) is 2. The zero-order valence-corrected chi connectivity index (χ0v) is 20.7. The minimum Gasteiger partial charge on any atom is -0.374 e. The zero-order chi connectivity index (χ0) is 24.6. The number of nitrogens with zero attached hydrogens (tertiary/aromatic N) is 3. The number of hydrogen-bond donors (Lipinski definition) is 1. The van der Waals surface area contributed by atoms with Crippen molar-refractivity contribution in [1.82, 2.24) is 15.1 Å². The fourth-order valence-electron chi connectivity index (χ4n) is 6.01. The number of nitrogens with one attached hydrogen (secondary N) is 1. The summed E-state index contributed by atoms with van der Waals surface area (Å²) in [7, 11) is 2.12.